The van der Waals surface area contributed by atoms with Crippen LogP contribution in [0.25, 0.3) is 0 Å². The Bertz CT molecular complexity index is 417. The molecule has 2 rings (SSSR count). The molecule has 5 heteroatoms. The van der Waals surface area contributed by atoms with Crippen molar-refractivity contribution in [1.29, 1.82) is 0 Å². The second kappa shape index (κ2) is 6.41. The first kappa shape index (κ1) is 15.3. The third kappa shape index (κ3) is 3.61. The van der Waals surface area contributed by atoms with Crippen LogP contribution in [0.2, 0.25) is 5.02 Å². The number of hydrogen-bond donors (Lipinski definition) is 1. The molecule has 1 N–H and O–H groups in total. The van der Waals surface area contributed by atoms with Gasteiger partial charge in [-0.05, 0) is 37.6 Å². The minimum Gasteiger partial charge on any atom is -0.336 e. The predicted octanol–water partition coefficient (Wildman–Crippen LogP) is 2.50. The number of amides is 1. The lowest BCUT2D eigenvalue weighted by Gasteiger charge is -2.32. The van der Waals surface area contributed by atoms with Crippen molar-refractivity contribution in [3.05, 3.63) is 34.3 Å². The molecular formula is C13H18Cl2N2O. The Kier molecular flexibility index (Phi) is 5.45. The molecule has 1 heterocycles. The van der Waals surface area contributed by atoms with Gasteiger partial charge in [-0.3, -0.25) is 4.79 Å². The first-order valence-electron chi connectivity index (χ1n) is 5.86. The van der Waals surface area contributed by atoms with Gasteiger partial charge >= 0.3 is 0 Å². The van der Waals surface area contributed by atoms with Gasteiger partial charge in [-0.1, -0.05) is 11.6 Å². The van der Waals surface area contributed by atoms with Crippen LogP contribution in [-0.4, -0.2) is 36.5 Å². The fourth-order valence-corrected chi connectivity index (χ4v) is 2.45. The molecule has 1 aliphatic rings. The van der Waals surface area contributed by atoms with Crippen LogP contribution in [0.15, 0.2) is 18.2 Å². The average Bonchev–Trinajstić information content (AvgIpc) is 2.26. The zero-order chi connectivity index (χ0) is 12.4. The van der Waals surface area contributed by atoms with Crippen LogP contribution in [0.3, 0.4) is 0 Å². The lowest BCUT2D eigenvalue weighted by molar-refractivity contribution is 0.0709. The number of nitrogens with zero attached hydrogens (tertiary/aromatic N) is 1. The number of carbonyl (C=O) groups excluding carboxylic acids is 1. The summed E-state index contributed by atoms with van der Waals surface area (Å²) in [6, 6.07) is 5.84. The maximum Gasteiger partial charge on any atom is 0.254 e. The Balaban J connectivity index is 0.00000162. The van der Waals surface area contributed by atoms with Gasteiger partial charge in [-0.15, -0.1) is 12.4 Å². The summed E-state index contributed by atoms with van der Waals surface area (Å²) in [5, 5.41) is 3.94. The summed E-state index contributed by atoms with van der Waals surface area (Å²) >= 11 is 5.98. The van der Waals surface area contributed by atoms with E-state index in [1.165, 1.54) is 0 Å². The van der Waals surface area contributed by atoms with Crippen LogP contribution in [0.4, 0.5) is 0 Å². The van der Waals surface area contributed by atoms with Crippen LogP contribution >= 0.6 is 24.0 Å². The summed E-state index contributed by atoms with van der Waals surface area (Å²) in [5.41, 5.74) is 1.70. The number of aryl methyl sites for hydroxylation is 1. The van der Waals surface area contributed by atoms with E-state index in [9.17, 15) is 4.79 Å². The summed E-state index contributed by atoms with van der Waals surface area (Å²) in [5.74, 6) is 0.0731. The van der Waals surface area contributed by atoms with Gasteiger partial charge < -0.3 is 10.2 Å². The number of nitrogens with one attached hydrogen (secondary N) is 1. The number of rotatable bonds is 1. The highest BCUT2D eigenvalue weighted by Crippen LogP contribution is 2.16. The number of carbonyl (C=O) groups is 1. The maximum absolute atomic E-state index is 12.3. The van der Waals surface area contributed by atoms with Gasteiger partial charge in [-0.2, -0.15) is 0 Å². The highest BCUT2D eigenvalue weighted by atomic mass is 35.5. The van der Waals surface area contributed by atoms with Crippen LogP contribution in [0.5, 0.6) is 0 Å². The fourth-order valence-electron chi connectivity index (χ4n) is 2.16. The standard InChI is InChI=1S/C13H17ClN2O.ClH/c1-9-5-11(7-12(14)6-9)13(17)16-4-3-15-10(2)8-16;/h5-7,10,15H,3-4,8H2,1-2H3;1H/t10-;/m1./s1. The molecule has 0 unspecified atom stereocenters. The molecule has 0 radical (unpaired) electrons. The smallest absolute Gasteiger partial charge is 0.254 e. The van der Waals surface area contributed by atoms with E-state index in [0.29, 0.717) is 16.6 Å². The van der Waals surface area contributed by atoms with E-state index in [0.717, 1.165) is 25.2 Å². The largest absolute Gasteiger partial charge is 0.336 e. The summed E-state index contributed by atoms with van der Waals surface area (Å²) in [7, 11) is 0. The van der Waals surface area contributed by atoms with Gasteiger partial charge in [0.25, 0.3) is 5.91 Å². The zero-order valence-electron chi connectivity index (χ0n) is 10.6. The van der Waals surface area contributed by atoms with Crippen molar-refractivity contribution in [2.45, 2.75) is 19.9 Å². The van der Waals surface area contributed by atoms with Crippen LogP contribution in [0, 0.1) is 6.92 Å². The molecule has 0 aliphatic carbocycles. The van der Waals surface area contributed by atoms with E-state index in [-0.39, 0.29) is 18.3 Å². The lowest BCUT2D eigenvalue weighted by atomic mass is 10.1. The molecule has 100 valence electrons. The highest BCUT2D eigenvalue weighted by molar-refractivity contribution is 6.31. The SMILES string of the molecule is Cc1cc(Cl)cc(C(=O)N2CCN[C@H](C)C2)c1.Cl. The van der Waals surface area contributed by atoms with Crippen LogP contribution < -0.4 is 5.32 Å². The molecule has 0 spiro atoms. The Labute approximate surface area is 119 Å². The van der Waals surface area contributed by atoms with Crippen molar-refractivity contribution in [2.24, 2.45) is 0 Å². The van der Waals surface area contributed by atoms with Gasteiger partial charge in [0.15, 0.2) is 0 Å². The second-order valence-electron chi connectivity index (χ2n) is 4.62. The van der Waals surface area contributed by atoms with Crippen molar-refractivity contribution in [1.82, 2.24) is 10.2 Å². The highest BCUT2D eigenvalue weighted by Gasteiger charge is 2.21. The third-order valence-corrected chi connectivity index (χ3v) is 3.16. The van der Waals surface area contributed by atoms with Crippen molar-refractivity contribution < 1.29 is 4.79 Å². The van der Waals surface area contributed by atoms with E-state index >= 15 is 0 Å². The molecule has 1 amide bonds. The van der Waals surface area contributed by atoms with Gasteiger partial charge in [0.2, 0.25) is 0 Å². The lowest BCUT2D eigenvalue weighted by Crippen LogP contribution is -2.51. The van der Waals surface area contributed by atoms with Gasteiger partial charge in [0, 0.05) is 36.3 Å². The van der Waals surface area contributed by atoms with Crippen molar-refractivity contribution in [3.8, 4) is 0 Å². The fraction of sp³-hybridized carbons (Fsp3) is 0.462. The maximum atomic E-state index is 12.3. The molecule has 1 aromatic carbocycles. The first-order valence-corrected chi connectivity index (χ1v) is 6.24. The Hall–Kier alpha value is -0.770. The molecular weight excluding hydrogens is 271 g/mol. The number of benzene rings is 1. The zero-order valence-corrected chi connectivity index (χ0v) is 12.1. The van der Waals surface area contributed by atoms with Gasteiger partial charge in [0.05, 0.1) is 0 Å². The minimum atomic E-state index is 0. The summed E-state index contributed by atoms with van der Waals surface area (Å²) < 4.78 is 0. The summed E-state index contributed by atoms with van der Waals surface area (Å²) in [4.78, 5) is 14.2. The quantitative estimate of drug-likeness (QED) is 0.861. The van der Waals surface area contributed by atoms with E-state index in [4.69, 9.17) is 11.6 Å². The second-order valence-corrected chi connectivity index (χ2v) is 5.06. The molecule has 0 bridgehead atoms. The topological polar surface area (TPSA) is 32.3 Å². The monoisotopic (exact) mass is 288 g/mol. The van der Waals surface area contributed by atoms with Crippen molar-refractivity contribution >= 4 is 29.9 Å². The Morgan fingerprint density at radius 2 is 2.17 bits per heavy atom. The normalized spacial score (nSPS) is 19.3. The number of hydrogen-bond acceptors (Lipinski definition) is 2. The molecule has 0 saturated carbocycles. The van der Waals surface area contributed by atoms with E-state index in [1.54, 1.807) is 6.07 Å². The molecule has 1 saturated heterocycles. The van der Waals surface area contributed by atoms with Crippen molar-refractivity contribution in [3.63, 3.8) is 0 Å². The van der Waals surface area contributed by atoms with Crippen LogP contribution in [-0.2, 0) is 0 Å². The predicted molar refractivity (Wildman–Crippen MR) is 76.8 cm³/mol. The van der Waals surface area contributed by atoms with Gasteiger partial charge in [-0.25, -0.2) is 0 Å². The molecule has 0 aromatic heterocycles. The Morgan fingerprint density at radius 1 is 1.44 bits per heavy atom. The molecule has 18 heavy (non-hydrogen) atoms. The molecule has 1 atom stereocenters. The van der Waals surface area contributed by atoms with E-state index in [2.05, 4.69) is 12.2 Å². The number of piperazine rings is 1. The summed E-state index contributed by atoms with van der Waals surface area (Å²) in [6.45, 7) is 6.40. The molecule has 1 aromatic rings. The van der Waals surface area contributed by atoms with Crippen molar-refractivity contribution in [2.75, 3.05) is 19.6 Å². The average molecular weight is 289 g/mol. The Morgan fingerprint density at radius 3 is 2.78 bits per heavy atom. The minimum absolute atomic E-state index is 0. The summed E-state index contributed by atoms with van der Waals surface area (Å²) in [6.07, 6.45) is 0. The molecule has 1 aliphatic heterocycles. The van der Waals surface area contributed by atoms with E-state index in [1.807, 2.05) is 24.0 Å². The van der Waals surface area contributed by atoms with Crippen LogP contribution in [0.1, 0.15) is 22.8 Å². The van der Waals surface area contributed by atoms with E-state index < -0.39 is 0 Å². The molecule has 3 nitrogen and oxygen atoms in total. The number of halogens is 2. The third-order valence-electron chi connectivity index (χ3n) is 2.95. The van der Waals surface area contributed by atoms with Gasteiger partial charge in [0.1, 0.15) is 0 Å². The molecule has 1 fully saturated rings. The first-order chi connectivity index (χ1) is 8.06.